The summed E-state index contributed by atoms with van der Waals surface area (Å²) in [5.41, 5.74) is 1.48. The van der Waals surface area contributed by atoms with Crippen LogP contribution in [0.3, 0.4) is 0 Å². The van der Waals surface area contributed by atoms with Crippen molar-refractivity contribution < 1.29 is 12.9 Å². The van der Waals surface area contributed by atoms with Crippen LogP contribution in [0.5, 0.6) is 0 Å². The summed E-state index contributed by atoms with van der Waals surface area (Å²) in [5, 5.41) is 12.1. The Morgan fingerprint density at radius 3 is 2.78 bits per heavy atom. The second-order valence-electron chi connectivity index (χ2n) is 4.71. The number of nitrogens with zero attached hydrogens (tertiary/aromatic N) is 5. The molecule has 0 bridgehead atoms. The van der Waals surface area contributed by atoms with Crippen molar-refractivity contribution in [2.45, 2.75) is 12.2 Å². The first kappa shape index (κ1) is 15.3. The highest BCUT2D eigenvalue weighted by Gasteiger charge is 2.16. The van der Waals surface area contributed by atoms with E-state index in [4.69, 9.17) is 4.52 Å². The lowest BCUT2D eigenvalue weighted by Crippen LogP contribution is -2.20. The van der Waals surface area contributed by atoms with E-state index in [0.717, 1.165) is 5.69 Å². The molecule has 0 fully saturated rings. The van der Waals surface area contributed by atoms with E-state index in [1.54, 1.807) is 6.20 Å². The van der Waals surface area contributed by atoms with Crippen LogP contribution in [0.2, 0.25) is 0 Å². The van der Waals surface area contributed by atoms with Crippen LogP contribution >= 0.6 is 0 Å². The molecule has 0 saturated carbocycles. The van der Waals surface area contributed by atoms with E-state index < -0.39 is 10.0 Å². The Hall–Kier alpha value is -2.59. The average Bonchev–Trinajstić information content (AvgIpc) is 3.18. The highest BCUT2D eigenvalue weighted by molar-refractivity contribution is 7.88. The minimum absolute atomic E-state index is 0.102. The molecule has 1 aromatic carbocycles. The first-order valence-electron chi connectivity index (χ1n) is 6.75. The van der Waals surface area contributed by atoms with E-state index in [-0.39, 0.29) is 23.9 Å². The Morgan fingerprint density at radius 2 is 2.04 bits per heavy atom. The number of hydrogen-bond donors (Lipinski definition) is 1. The molecular formula is C13H14N6O3S. The molecule has 0 atom stereocenters. The fraction of sp³-hybridized carbons (Fsp3) is 0.231. The number of aromatic nitrogens is 5. The van der Waals surface area contributed by atoms with Crippen molar-refractivity contribution in [3.63, 3.8) is 0 Å². The van der Waals surface area contributed by atoms with E-state index in [0.29, 0.717) is 5.69 Å². The van der Waals surface area contributed by atoms with Gasteiger partial charge in [-0.2, -0.15) is 20.0 Å². The zero-order chi connectivity index (χ0) is 16.3. The summed E-state index contributed by atoms with van der Waals surface area (Å²) >= 11 is 0. The Bertz CT molecular complexity index is 887. The van der Waals surface area contributed by atoms with Crippen molar-refractivity contribution in [2.75, 3.05) is 7.05 Å². The van der Waals surface area contributed by atoms with Gasteiger partial charge in [-0.15, -0.1) is 0 Å². The van der Waals surface area contributed by atoms with Crippen molar-refractivity contribution in [2.24, 2.45) is 0 Å². The van der Waals surface area contributed by atoms with E-state index in [1.165, 1.54) is 11.8 Å². The van der Waals surface area contributed by atoms with E-state index in [1.807, 2.05) is 30.3 Å². The summed E-state index contributed by atoms with van der Waals surface area (Å²) in [7, 11) is -2.10. The summed E-state index contributed by atoms with van der Waals surface area (Å²) < 4.78 is 30.1. The van der Waals surface area contributed by atoms with Gasteiger partial charge in [-0.1, -0.05) is 23.4 Å². The van der Waals surface area contributed by atoms with Crippen LogP contribution in [0.1, 0.15) is 17.4 Å². The first-order valence-corrected chi connectivity index (χ1v) is 8.40. The Morgan fingerprint density at radius 1 is 1.26 bits per heavy atom. The fourth-order valence-electron chi connectivity index (χ4n) is 1.88. The molecule has 3 rings (SSSR count). The van der Waals surface area contributed by atoms with Gasteiger partial charge in [0.2, 0.25) is 15.9 Å². The number of benzene rings is 1. The van der Waals surface area contributed by atoms with Crippen LogP contribution in [0.4, 0.5) is 0 Å². The number of sulfonamides is 1. The minimum Gasteiger partial charge on any atom is -0.339 e. The molecule has 0 saturated heterocycles. The third-order valence-corrected chi connectivity index (χ3v) is 4.26. The van der Waals surface area contributed by atoms with Crippen molar-refractivity contribution in [3.8, 4) is 5.69 Å². The zero-order valence-corrected chi connectivity index (χ0v) is 13.1. The third-order valence-electron chi connectivity index (χ3n) is 3.00. The SMILES string of the molecule is CNS(=O)(=O)Cc1noc(Cc2cnn(-c3ccccc3)n2)n1. The van der Waals surface area contributed by atoms with Crippen LogP contribution in [0.25, 0.3) is 5.69 Å². The molecule has 1 N–H and O–H groups in total. The summed E-state index contributed by atoms with van der Waals surface area (Å²) in [6, 6.07) is 9.47. The standard InChI is InChI=1S/C13H14N6O3S/c1-14-23(20,21)9-12-16-13(22-18-12)7-10-8-15-19(17-10)11-5-3-2-4-6-11/h2-6,8,14H,7,9H2,1H3. The lowest BCUT2D eigenvalue weighted by atomic mass is 10.3. The van der Waals surface area contributed by atoms with Crippen molar-refractivity contribution in [3.05, 3.63) is 53.9 Å². The maximum absolute atomic E-state index is 11.4. The van der Waals surface area contributed by atoms with Gasteiger partial charge in [0.1, 0.15) is 5.75 Å². The van der Waals surface area contributed by atoms with Gasteiger partial charge < -0.3 is 4.52 Å². The maximum Gasteiger partial charge on any atom is 0.232 e. The molecule has 23 heavy (non-hydrogen) atoms. The molecule has 2 heterocycles. The van der Waals surface area contributed by atoms with Crippen LogP contribution in [0.15, 0.2) is 41.1 Å². The number of hydrogen-bond acceptors (Lipinski definition) is 7. The Labute approximate surface area is 132 Å². The average molecular weight is 334 g/mol. The number of rotatable bonds is 6. The number of nitrogens with one attached hydrogen (secondary N) is 1. The van der Waals surface area contributed by atoms with E-state index >= 15 is 0 Å². The molecular weight excluding hydrogens is 320 g/mol. The molecule has 0 unspecified atom stereocenters. The van der Waals surface area contributed by atoms with Gasteiger partial charge in [0.15, 0.2) is 5.82 Å². The predicted octanol–water partition coefficient (Wildman–Crippen LogP) is 0.290. The molecule has 2 aromatic heterocycles. The van der Waals surface area contributed by atoms with Crippen molar-refractivity contribution in [1.82, 2.24) is 29.9 Å². The quantitative estimate of drug-likeness (QED) is 0.688. The van der Waals surface area contributed by atoms with Gasteiger partial charge in [0.05, 0.1) is 24.0 Å². The lowest BCUT2D eigenvalue weighted by Gasteiger charge is -1.97. The van der Waals surface area contributed by atoms with Gasteiger partial charge in [0.25, 0.3) is 0 Å². The lowest BCUT2D eigenvalue weighted by molar-refractivity contribution is 0.379. The van der Waals surface area contributed by atoms with Crippen molar-refractivity contribution in [1.29, 1.82) is 0 Å². The van der Waals surface area contributed by atoms with Crippen molar-refractivity contribution >= 4 is 10.0 Å². The molecule has 0 spiro atoms. The van der Waals surface area contributed by atoms with Crippen LogP contribution < -0.4 is 4.72 Å². The van der Waals surface area contributed by atoms with E-state index in [2.05, 4.69) is 25.1 Å². The van der Waals surface area contributed by atoms with Gasteiger partial charge >= 0.3 is 0 Å². The fourth-order valence-corrected chi connectivity index (χ4v) is 2.48. The van der Waals surface area contributed by atoms with Gasteiger partial charge in [-0.05, 0) is 19.2 Å². The molecule has 9 nitrogen and oxygen atoms in total. The molecule has 0 amide bonds. The van der Waals surface area contributed by atoms with Gasteiger partial charge in [0, 0.05) is 0 Å². The minimum atomic E-state index is -3.43. The highest BCUT2D eigenvalue weighted by Crippen LogP contribution is 2.09. The Kier molecular flexibility index (Phi) is 4.17. The third kappa shape index (κ3) is 3.79. The first-order chi connectivity index (χ1) is 11.1. The second kappa shape index (κ2) is 6.26. The summed E-state index contributed by atoms with van der Waals surface area (Å²) in [4.78, 5) is 5.54. The number of para-hydroxylation sites is 1. The molecule has 10 heteroatoms. The normalized spacial score (nSPS) is 11.7. The molecule has 0 aliphatic heterocycles. The van der Waals surface area contributed by atoms with Crippen LogP contribution in [-0.2, 0) is 22.2 Å². The molecule has 0 aliphatic carbocycles. The smallest absolute Gasteiger partial charge is 0.232 e. The molecule has 0 aliphatic rings. The summed E-state index contributed by atoms with van der Waals surface area (Å²) in [5.74, 6) is 0.0557. The van der Waals surface area contributed by atoms with Gasteiger partial charge in [-0.3, -0.25) is 0 Å². The zero-order valence-electron chi connectivity index (χ0n) is 12.2. The van der Waals surface area contributed by atoms with E-state index in [9.17, 15) is 8.42 Å². The second-order valence-corrected chi connectivity index (χ2v) is 6.63. The largest absolute Gasteiger partial charge is 0.339 e. The molecule has 120 valence electrons. The van der Waals surface area contributed by atoms with Crippen LogP contribution in [0, 0.1) is 0 Å². The summed E-state index contributed by atoms with van der Waals surface area (Å²) in [6.07, 6.45) is 1.88. The molecule has 0 radical (unpaired) electrons. The topological polar surface area (TPSA) is 116 Å². The predicted molar refractivity (Wildman–Crippen MR) is 80.1 cm³/mol. The monoisotopic (exact) mass is 334 g/mol. The Balaban J connectivity index is 1.71. The summed E-state index contributed by atoms with van der Waals surface area (Å²) in [6.45, 7) is 0. The van der Waals surface area contributed by atoms with Crippen LogP contribution in [-0.4, -0.2) is 40.6 Å². The highest BCUT2D eigenvalue weighted by atomic mass is 32.2. The molecule has 3 aromatic rings. The van der Waals surface area contributed by atoms with Gasteiger partial charge in [-0.25, -0.2) is 13.1 Å². The maximum atomic E-state index is 11.4.